The van der Waals surface area contributed by atoms with Crippen molar-refractivity contribution in [3.05, 3.63) is 65.2 Å². The maximum absolute atomic E-state index is 10.1. The van der Waals surface area contributed by atoms with Crippen LogP contribution in [0.2, 0.25) is 0 Å². The second-order valence-electron chi connectivity index (χ2n) is 4.89. The van der Waals surface area contributed by atoms with Gasteiger partial charge in [0.25, 0.3) is 0 Å². The third-order valence-corrected chi connectivity index (χ3v) is 3.33. The SMILES string of the molecule is NCc1ccc(C(O)COc2ccc(CCO)cc2)cc1. The molecule has 21 heavy (non-hydrogen) atoms. The molecule has 0 bridgehead atoms. The Hall–Kier alpha value is -1.88. The van der Waals surface area contributed by atoms with E-state index < -0.39 is 6.10 Å². The van der Waals surface area contributed by atoms with Crippen molar-refractivity contribution < 1.29 is 14.9 Å². The van der Waals surface area contributed by atoms with Crippen LogP contribution in [0.1, 0.15) is 22.8 Å². The summed E-state index contributed by atoms with van der Waals surface area (Å²) in [7, 11) is 0. The molecule has 4 N–H and O–H groups in total. The molecule has 0 radical (unpaired) electrons. The summed E-state index contributed by atoms with van der Waals surface area (Å²) in [5, 5.41) is 19.0. The number of benzene rings is 2. The van der Waals surface area contributed by atoms with Gasteiger partial charge in [-0.3, -0.25) is 0 Å². The number of ether oxygens (including phenoxy) is 1. The molecule has 0 aliphatic carbocycles. The highest BCUT2D eigenvalue weighted by molar-refractivity contribution is 5.28. The minimum atomic E-state index is -0.672. The van der Waals surface area contributed by atoms with Gasteiger partial charge in [0, 0.05) is 13.2 Å². The van der Waals surface area contributed by atoms with Gasteiger partial charge in [-0.1, -0.05) is 36.4 Å². The maximum Gasteiger partial charge on any atom is 0.119 e. The van der Waals surface area contributed by atoms with Crippen LogP contribution in [0.25, 0.3) is 0 Å². The Balaban J connectivity index is 1.88. The van der Waals surface area contributed by atoms with Gasteiger partial charge >= 0.3 is 0 Å². The third kappa shape index (κ3) is 4.56. The highest BCUT2D eigenvalue weighted by Gasteiger charge is 2.08. The van der Waals surface area contributed by atoms with Gasteiger partial charge in [-0.25, -0.2) is 0 Å². The first kappa shape index (κ1) is 15.5. The van der Waals surface area contributed by atoms with Gasteiger partial charge in [0.05, 0.1) is 0 Å². The van der Waals surface area contributed by atoms with Crippen LogP contribution >= 0.6 is 0 Å². The molecule has 1 unspecified atom stereocenters. The Labute approximate surface area is 124 Å². The van der Waals surface area contributed by atoms with Gasteiger partial charge < -0.3 is 20.7 Å². The van der Waals surface area contributed by atoms with Crippen LogP contribution in [-0.2, 0) is 13.0 Å². The average molecular weight is 287 g/mol. The van der Waals surface area contributed by atoms with E-state index in [0.717, 1.165) is 16.7 Å². The van der Waals surface area contributed by atoms with E-state index in [-0.39, 0.29) is 13.2 Å². The molecule has 112 valence electrons. The van der Waals surface area contributed by atoms with Gasteiger partial charge in [-0.2, -0.15) is 0 Å². The number of aliphatic hydroxyl groups excluding tert-OH is 2. The lowest BCUT2D eigenvalue weighted by Crippen LogP contribution is -2.10. The van der Waals surface area contributed by atoms with Gasteiger partial charge in [0.2, 0.25) is 0 Å². The molecule has 2 aromatic carbocycles. The molecule has 0 aliphatic heterocycles. The lowest BCUT2D eigenvalue weighted by Gasteiger charge is -2.13. The van der Waals surface area contributed by atoms with Crippen LogP contribution in [0.3, 0.4) is 0 Å². The minimum Gasteiger partial charge on any atom is -0.491 e. The number of hydrogen-bond donors (Lipinski definition) is 3. The summed E-state index contributed by atoms with van der Waals surface area (Å²) in [6.07, 6.45) is -0.0370. The summed E-state index contributed by atoms with van der Waals surface area (Å²) < 4.78 is 5.57. The summed E-state index contributed by atoms with van der Waals surface area (Å²) in [6.45, 7) is 0.825. The molecule has 0 aromatic heterocycles. The number of hydrogen-bond acceptors (Lipinski definition) is 4. The Morgan fingerprint density at radius 1 is 0.952 bits per heavy atom. The van der Waals surface area contributed by atoms with Crippen molar-refractivity contribution in [3.8, 4) is 5.75 Å². The number of nitrogens with two attached hydrogens (primary N) is 1. The quantitative estimate of drug-likeness (QED) is 0.726. The molecule has 0 saturated carbocycles. The zero-order valence-electron chi connectivity index (χ0n) is 11.9. The molecule has 0 spiro atoms. The molecule has 0 fully saturated rings. The van der Waals surface area contributed by atoms with E-state index in [4.69, 9.17) is 15.6 Å². The smallest absolute Gasteiger partial charge is 0.119 e. The Kier molecular flexibility index (Phi) is 5.75. The summed E-state index contributed by atoms with van der Waals surface area (Å²) in [5.74, 6) is 0.703. The molecule has 2 rings (SSSR count). The van der Waals surface area contributed by atoms with Crippen molar-refractivity contribution in [1.29, 1.82) is 0 Å². The lowest BCUT2D eigenvalue weighted by atomic mass is 10.1. The highest BCUT2D eigenvalue weighted by Crippen LogP contribution is 2.18. The Morgan fingerprint density at radius 3 is 2.14 bits per heavy atom. The molecule has 2 aromatic rings. The molecule has 4 nitrogen and oxygen atoms in total. The van der Waals surface area contributed by atoms with Gasteiger partial charge in [-0.05, 0) is 35.2 Å². The topological polar surface area (TPSA) is 75.7 Å². The van der Waals surface area contributed by atoms with Crippen LogP contribution in [-0.4, -0.2) is 23.4 Å². The normalized spacial score (nSPS) is 12.1. The standard InChI is InChI=1S/C17H21NO3/c18-11-14-1-5-15(6-2-14)17(20)12-21-16-7-3-13(4-8-16)9-10-19/h1-8,17,19-20H,9-12,18H2. The van der Waals surface area contributed by atoms with Crippen LogP contribution in [0.4, 0.5) is 0 Å². The van der Waals surface area contributed by atoms with E-state index in [2.05, 4.69) is 0 Å². The summed E-state index contributed by atoms with van der Waals surface area (Å²) >= 11 is 0. The molecule has 0 amide bonds. The predicted octanol–water partition coefficient (Wildman–Crippen LogP) is 1.79. The average Bonchev–Trinajstić information content (AvgIpc) is 2.54. The fourth-order valence-corrected chi connectivity index (χ4v) is 2.03. The van der Waals surface area contributed by atoms with Crippen LogP contribution in [0.15, 0.2) is 48.5 Å². The molecule has 0 saturated heterocycles. The van der Waals surface area contributed by atoms with E-state index in [1.54, 1.807) is 0 Å². The van der Waals surface area contributed by atoms with E-state index in [9.17, 15) is 5.11 Å². The van der Waals surface area contributed by atoms with Crippen LogP contribution in [0.5, 0.6) is 5.75 Å². The van der Waals surface area contributed by atoms with E-state index in [0.29, 0.717) is 18.7 Å². The molecule has 0 aliphatic rings. The second kappa shape index (κ2) is 7.78. The van der Waals surface area contributed by atoms with Crippen molar-refractivity contribution in [3.63, 3.8) is 0 Å². The first-order valence-corrected chi connectivity index (χ1v) is 7.02. The first-order chi connectivity index (χ1) is 10.2. The zero-order valence-corrected chi connectivity index (χ0v) is 11.9. The minimum absolute atomic E-state index is 0.137. The van der Waals surface area contributed by atoms with Crippen molar-refractivity contribution in [2.45, 2.75) is 19.1 Å². The van der Waals surface area contributed by atoms with Gasteiger partial charge in [0.15, 0.2) is 0 Å². The van der Waals surface area contributed by atoms with Crippen molar-refractivity contribution >= 4 is 0 Å². The summed E-state index contributed by atoms with van der Waals surface area (Å²) in [5.41, 5.74) is 8.44. The maximum atomic E-state index is 10.1. The van der Waals surface area contributed by atoms with E-state index in [1.165, 1.54) is 0 Å². The summed E-state index contributed by atoms with van der Waals surface area (Å²) in [6, 6.07) is 15.0. The van der Waals surface area contributed by atoms with E-state index in [1.807, 2.05) is 48.5 Å². The Morgan fingerprint density at radius 2 is 1.57 bits per heavy atom. The molecule has 1 atom stereocenters. The summed E-state index contributed by atoms with van der Waals surface area (Å²) in [4.78, 5) is 0. The van der Waals surface area contributed by atoms with Crippen molar-refractivity contribution in [1.82, 2.24) is 0 Å². The predicted molar refractivity (Wildman–Crippen MR) is 82.0 cm³/mol. The third-order valence-electron chi connectivity index (χ3n) is 3.33. The largest absolute Gasteiger partial charge is 0.491 e. The van der Waals surface area contributed by atoms with Crippen LogP contribution < -0.4 is 10.5 Å². The fourth-order valence-electron chi connectivity index (χ4n) is 2.03. The molecular weight excluding hydrogens is 266 g/mol. The van der Waals surface area contributed by atoms with Crippen molar-refractivity contribution in [2.75, 3.05) is 13.2 Å². The Bertz CT molecular complexity index is 537. The van der Waals surface area contributed by atoms with Gasteiger partial charge in [0.1, 0.15) is 18.5 Å². The molecule has 4 heteroatoms. The van der Waals surface area contributed by atoms with Crippen molar-refractivity contribution in [2.24, 2.45) is 5.73 Å². The molecular formula is C17H21NO3. The second-order valence-corrected chi connectivity index (χ2v) is 4.89. The highest BCUT2D eigenvalue weighted by atomic mass is 16.5. The first-order valence-electron chi connectivity index (χ1n) is 7.02. The number of rotatable bonds is 7. The monoisotopic (exact) mass is 287 g/mol. The van der Waals surface area contributed by atoms with Crippen LogP contribution in [0, 0.1) is 0 Å². The number of aliphatic hydroxyl groups is 2. The lowest BCUT2D eigenvalue weighted by molar-refractivity contribution is 0.108. The van der Waals surface area contributed by atoms with E-state index >= 15 is 0 Å². The van der Waals surface area contributed by atoms with Gasteiger partial charge in [-0.15, -0.1) is 0 Å². The molecule has 0 heterocycles. The fraction of sp³-hybridized carbons (Fsp3) is 0.294. The zero-order chi connectivity index (χ0) is 15.1.